The predicted octanol–water partition coefficient (Wildman–Crippen LogP) is 2.60. The highest BCUT2D eigenvalue weighted by atomic mass is 16.2. The number of hydrogen-bond donors (Lipinski definition) is 2. The number of anilines is 1. The molecule has 2 atom stereocenters. The van der Waals surface area contributed by atoms with E-state index in [1.165, 1.54) is 0 Å². The van der Waals surface area contributed by atoms with Crippen LogP contribution in [0.25, 0.3) is 0 Å². The number of likely N-dealkylation sites (tertiary alicyclic amines) is 1. The molecule has 1 saturated heterocycles. The minimum absolute atomic E-state index is 0.0509. The number of hydrogen-bond acceptors (Lipinski definition) is 2. The first-order valence-electron chi connectivity index (χ1n) is 7.55. The average molecular weight is 289 g/mol. The van der Waals surface area contributed by atoms with E-state index >= 15 is 0 Å². The van der Waals surface area contributed by atoms with E-state index in [0.29, 0.717) is 6.54 Å². The van der Waals surface area contributed by atoms with Crippen LogP contribution in [0.15, 0.2) is 30.3 Å². The molecule has 1 aliphatic heterocycles. The standard InChI is InChI=1S/C16H23N3O2/c1-3-12(2)17-15(20)14-10-7-11-19(14)16(21)18-13-8-5-4-6-9-13/h4-6,8-9,12,14H,3,7,10-11H2,1-2H3,(H,17,20)(H,18,21)/t12-,14+/m1/s1. The number of carbonyl (C=O) groups excluding carboxylic acids is 2. The Morgan fingerprint density at radius 2 is 2.05 bits per heavy atom. The molecule has 5 heteroatoms. The maximum atomic E-state index is 12.3. The fourth-order valence-corrected chi connectivity index (χ4v) is 2.44. The van der Waals surface area contributed by atoms with E-state index in [1.54, 1.807) is 4.90 Å². The molecular formula is C16H23N3O2. The molecule has 0 radical (unpaired) electrons. The van der Waals surface area contributed by atoms with Crippen molar-refractivity contribution in [3.63, 3.8) is 0 Å². The van der Waals surface area contributed by atoms with Crippen molar-refractivity contribution in [3.05, 3.63) is 30.3 Å². The molecule has 0 spiro atoms. The van der Waals surface area contributed by atoms with Crippen molar-refractivity contribution in [2.24, 2.45) is 0 Å². The summed E-state index contributed by atoms with van der Waals surface area (Å²) in [5, 5.41) is 5.80. The predicted molar refractivity (Wildman–Crippen MR) is 83.1 cm³/mol. The van der Waals surface area contributed by atoms with Crippen LogP contribution in [0.3, 0.4) is 0 Å². The zero-order chi connectivity index (χ0) is 15.2. The van der Waals surface area contributed by atoms with Gasteiger partial charge in [0.1, 0.15) is 6.04 Å². The second-order valence-corrected chi connectivity index (χ2v) is 5.47. The number of benzene rings is 1. The highest BCUT2D eigenvalue weighted by Gasteiger charge is 2.34. The molecule has 0 aliphatic carbocycles. The Balaban J connectivity index is 1.97. The topological polar surface area (TPSA) is 61.4 Å². The van der Waals surface area contributed by atoms with Gasteiger partial charge in [-0.3, -0.25) is 4.79 Å². The molecule has 1 aromatic carbocycles. The maximum Gasteiger partial charge on any atom is 0.322 e. The molecular weight excluding hydrogens is 266 g/mol. The second-order valence-electron chi connectivity index (χ2n) is 5.47. The molecule has 1 aromatic rings. The first-order valence-corrected chi connectivity index (χ1v) is 7.55. The molecule has 114 valence electrons. The summed E-state index contributed by atoms with van der Waals surface area (Å²) in [6.07, 6.45) is 2.47. The highest BCUT2D eigenvalue weighted by Crippen LogP contribution is 2.19. The minimum atomic E-state index is -0.359. The smallest absolute Gasteiger partial charge is 0.322 e. The largest absolute Gasteiger partial charge is 0.352 e. The monoisotopic (exact) mass is 289 g/mol. The van der Waals surface area contributed by atoms with Crippen LogP contribution in [0.1, 0.15) is 33.1 Å². The molecule has 2 N–H and O–H groups in total. The van der Waals surface area contributed by atoms with E-state index < -0.39 is 0 Å². The van der Waals surface area contributed by atoms with Crippen LogP contribution in [-0.2, 0) is 4.79 Å². The van der Waals surface area contributed by atoms with Crippen LogP contribution in [0.4, 0.5) is 10.5 Å². The van der Waals surface area contributed by atoms with Gasteiger partial charge in [-0.05, 0) is 38.3 Å². The van der Waals surface area contributed by atoms with Gasteiger partial charge in [-0.2, -0.15) is 0 Å². The number of rotatable bonds is 4. The molecule has 2 rings (SSSR count). The Bertz CT molecular complexity index is 490. The van der Waals surface area contributed by atoms with Gasteiger partial charge in [0.05, 0.1) is 0 Å². The quantitative estimate of drug-likeness (QED) is 0.895. The van der Waals surface area contributed by atoms with E-state index in [0.717, 1.165) is 24.9 Å². The Morgan fingerprint density at radius 1 is 1.33 bits per heavy atom. The minimum Gasteiger partial charge on any atom is -0.352 e. The molecule has 0 saturated carbocycles. The summed E-state index contributed by atoms with van der Waals surface area (Å²) in [4.78, 5) is 26.2. The van der Waals surface area contributed by atoms with Gasteiger partial charge in [-0.1, -0.05) is 25.1 Å². The number of carbonyl (C=O) groups is 2. The molecule has 1 heterocycles. The summed E-state index contributed by atoms with van der Waals surface area (Å²) in [5.74, 6) is -0.0509. The number of para-hydroxylation sites is 1. The summed E-state index contributed by atoms with van der Waals surface area (Å²) in [6.45, 7) is 4.62. The molecule has 0 aromatic heterocycles. The summed E-state index contributed by atoms with van der Waals surface area (Å²) in [7, 11) is 0. The van der Waals surface area contributed by atoms with Gasteiger partial charge >= 0.3 is 6.03 Å². The van der Waals surface area contributed by atoms with Gasteiger partial charge < -0.3 is 15.5 Å². The zero-order valence-corrected chi connectivity index (χ0v) is 12.6. The Labute approximate surface area is 125 Å². The SMILES string of the molecule is CC[C@@H](C)NC(=O)[C@@H]1CCCN1C(=O)Nc1ccccc1. The van der Waals surface area contributed by atoms with Gasteiger partial charge in [0.2, 0.25) is 5.91 Å². The molecule has 1 aliphatic rings. The number of nitrogens with one attached hydrogen (secondary N) is 2. The van der Waals surface area contributed by atoms with Crippen molar-refractivity contribution in [1.82, 2.24) is 10.2 Å². The third kappa shape index (κ3) is 3.97. The molecule has 0 unspecified atom stereocenters. The summed E-state index contributed by atoms with van der Waals surface area (Å²) >= 11 is 0. The number of amides is 3. The third-order valence-electron chi connectivity index (χ3n) is 3.84. The lowest BCUT2D eigenvalue weighted by Gasteiger charge is -2.25. The highest BCUT2D eigenvalue weighted by molar-refractivity contribution is 5.94. The summed E-state index contributed by atoms with van der Waals surface area (Å²) < 4.78 is 0. The van der Waals surface area contributed by atoms with E-state index in [4.69, 9.17) is 0 Å². The van der Waals surface area contributed by atoms with Gasteiger partial charge in [-0.15, -0.1) is 0 Å². The van der Waals surface area contributed by atoms with Gasteiger partial charge in [0, 0.05) is 18.3 Å². The van der Waals surface area contributed by atoms with Crippen LogP contribution in [0.5, 0.6) is 0 Å². The average Bonchev–Trinajstić information content (AvgIpc) is 2.97. The Kier molecular flexibility index (Phi) is 5.20. The molecule has 3 amide bonds. The fraction of sp³-hybridized carbons (Fsp3) is 0.500. The van der Waals surface area contributed by atoms with Crippen molar-refractivity contribution < 1.29 is 9.59 Å². The van der Waals surface area contributed by atoms with Gasteiger partial charge in [-0.25, -0.2) is 4.79 Å². The van der Waals surface area contributed by atoms with E-state index in [-0.39, 0.29) is 24.0 Å². The van der Waals surface area contributed by atoms with Gasteiger partial charge in [0.15, 0.2) is 0 Å². The Morgan fingerprint density at radius 3 is 2.71 bits per heavy atom. The van der Waals surface area contributed by atoms with Crippen molar-refractivity contribution in [3.8, 4) is 0 Å². The van der Waals surface area contributed by atoms with Crippen molar-refractivity contribution >= 4 is 17.6 Å². The van der Waals surface area contributed by atoms with Crippen LogP contribution in [-0.4, -0.2) is 35.5 Å². The molecule has 0 bridgehead atoms. The van der Waals surface area contributed by atoms with E-state index in [2.05, 4.69) is 10.6 Å². The maximum absolute atomic E-state index is 12.3. The summed E-state index contributed by atoms with van der Waals surface area (Å²) in [5.41, 5.74) is 0.746. The Hall–Kier alpha value is -2.04. The summed E-state index contributed by atoms with van der Waals surface area (Å²) in [6, 6.07) is 8.88. The molecule has 5 nitrogen and oxygen atoms in total. The van der Waals surface area contributed by atoms with E-state index in [9.17, 15) is 9.59 Å². The lowest BCUT2D eigenvalue weighted by molar-refractivity contribution is -0.125. The molecule has 1 fully saturated rings. The van der Waals surface area contributed by atoms with Crippen molar-refractivity contribution in [1.29, 1.82) is 0 Å². The van der Waals surface area contributed by atoms with Gasteiger partial charge in [0.25, 0.3) is 0 Å². The van der Waals surface area contributed by atoms with Crippen LogP contribution >= 0.6 is 0 Å². The van der Waals surface area contributed by atoms with Crippen LogP contribution in [0.2, 0.25) is 0 Å². The van der Waals surface area contributed by atoms with Crippen LogP contribution < -0.4 is 10.6 Å². The number of urea groups is 1. The third-order valence-corrected chi connectivity index (χ3v) is 3.84. The fourth-order valence-electron chi connectivity index (χ4n) is 2.44. The second kappa shape index (κ2) is 7.11. The van der Waals surface area contributed by atoms with Crippen molar-refractivity contribution in [2.45, 2.75) is 45.2 Å². The lowest BCUT2D eigenvalue weighted by atomic mass is 10.2. The first-order chi connectivity index (χ1) is 10.1. The first kappa shape index (κ1) is 15.4. The lowest BCUT2D eigenvalue weighted by Crippen LogP contribution is -2.49. The van der Waals surface area contributed by atoms with Crippen molar-refractivity contribution in [2.75, 3.05) is 11.9 Å². The zero-order valence-electron chi connectivity index (χ0n) is 12.6. The molecule has 21 heavy (non-hydrogen) atoms. The van der Waals surface area contributed by atoms with Crippen LogP contribution in [0, 0.1) is 0 Å². The normalized spacial score (nSPS) is 19.1. The van der Waals surface area contributed by atoms with E-state index in [1.807, 2.05) is 44.2 Å². The number of nitrogens with zero attached hydrogens (tertiary/aromatic N) is 1.